The fraction of sp³-hybridized carbons (Fsp3) is 1.00. The second kappa shape index (κ2) is 4.20. The minimum absolute atomic E-state index is 0.0723. The molecule has 0 amide bonds. The molecule has 0 aromatic rings. The number of hydrogen-bond acceptors (Lipinski definition) is 4. The Morgan fingerprint density at radius 2 is 1.93 bits per heavy atom. The Hall–Kier alpha value is 0.160. The molecule has 0 bridgehead atoms. The fourth-order valence-electron chi connectivity index (χ4n) is 2.35. The molecule has 0 N–H and O–H groups in total. The van der Waals surface area contributed by atoms with Gasteiger partial charge in [-0.1, -0.05) is 0 Å². The minimum Gasteiger partial charge on any atom is -0.381 e. The van der Waals surface area contributed by atoms with Crippen LogP contribution < -0.4 is 0 Å². The van der Waals surface area contributed by atoms with Gasteiger partial charge in [-0.05, 0) is 25.7 Å². The van der Waals surface area contributed by atoms with Crippen molar-refractivity contribution in [2.24, 2.45) is 0 Å². The molecule has 0 saturated carbocycles. The summed E-state index contributed by atoms with van der Waals surface area (Å²) in [5.74, 6) is -0.0723. The predicted octanol–water partition coefficient (Wildman–Crippen LogP) is 1.28. The Kier molecular flexibility index (Phi) is 3.26. The van der Waals surface area contributed by atoms with Crippen LogP contribution in [0.2, 0.25) is 0 Å². The van der Waals surface area contributed by atoms with Gasteiger partial charge in [0.1, 0.15) is 0 Å². The van der Waals surface area contributed by atoms with Crippen LogP contribution in [0.25, 0.3) is 0 Å². The molecule has 2 rings (SSSR count). The van der Waals surface area contributed by atoms with Crippen LogP contribution in [0, 0.1) is 0 Å². The third kappa shape index (κ3) is 3.06. The van der Waals surface area contributed by atoms with Gasteiger partial charge in [-0.15, -0.1) is 0 Å². The molecule has 0 radical (unpaired) electrons. The lowest BCUT2D eigenvalue weighted by atomic mass is 9.91. The van der Waals surface area contributed by atoms with Crippen molar-refractivity contribution in [3.63, 3.8) is 0 Å². The number of rotatable bonds is 2. The summed E-state index contributed by atoms with van der Waals surface area (Å²) < 4.78 is 32.9. The van der Waals surface area contributed by atoms with E-state index in [0.717, 1.165) is 25.7 Å². The van der Waals surface area contributed by atoms with Crippen LogP contribution in [-0.2, 0) is 18.5 Å². The first kappa shape index (κ1) is 11.6. The van der Waals surface area contributed by atoms with E-state index in [1.54, 1.807) is 0 Å². The lowest BCUT2D eigenvalue weighted by molar-refractivity contribution is -0.0978. The Labute approximate surface area is 94.3 Å². The number of halogens is 1. The van der Waals surface area contributed by atoms with E-state index in [1.165, 1.54) is 0 Å². The molecular weight excluding hydrogens is 240 g/mol. The first-order chi connectivity index (χ1) is 6.99. The maximum absolute atomic E-state index is 10.9. The van der Waals surface area contributed by atoms with E-state index in [-0.39, 0.29) is 17.5 Å². The van der Waals surface area contributed by atoms with Gasteiger partial charge in [0.25, 0.3) is 0 Å². The average molecular weight is 255 g/mol. The van der Waals surface area contributed by atoms with Crippen LogP contribution in [0.4, 0.5) is 0 Å². The van der Waals surface area contributed by atoms with Crippen molar-refractivity contribution in [1.82, 2.24) is 0 Å². The first-order valence-corrected chi connectivity index (χ1v) is 7.65. The van der Waals surface area contributed by atoms with Gasteiger partial charge in [-0.2, -0.15) is 0 Å². The summed E-state index contributed by atoms with van der Waals surface area (Å²) in [6.07, 6.45) is 3.21. The van der Waals surface area contributed by atoms with Gasteiger partial charge in [-0.25, -0.2) is 8.42 Å². The Balaban J connectivity index is 1.93. The van der Waals surface area contributed by atoms with Crippen molar-refractivity contribution < 1.29 is 17.9 Å². The first-order valence-electron chi connectivity index (χ1n) is 5.17. The third-order valence-corrected chi connectivity index (χ3v) is 4.28. The van der Waals surface area contributed by atoms with Crippen LogP contribution >= 0.6 is 10.7 Å². The molecule has 1 atom stereocenters. The topological polar surface area (TPSA) is 52.6 Å². The van der Waals surface area contributed by atoms with Gasteiger partial charge >= 0.3 is 0 Å². The van der Waals surface area contributed by atoms with E-state index in [1.807, 2.05) is 0 Å². The highest BCUT2D eigenvalue weighted by molar-refractivity contribution is 8.13. The Morgan fingerprint density at radius 1 is 1.27 bits per heavy atom. The summed E-state index contributed by atoms with van der Waals surface area (Å²) in [5.41, 5.74) is -0.134. The minimum atomic E-state index is -3.45. The summed E-state index contributed by atoms with van der Waals surface area (Å²) in [5, 5.41) is 0. The summed E-state index contributed by atoms with van der Waals surface area (Å²) in [6, 6.07) is 0. The molecule has 88 valence electrons. The number of hydrogen-bond donors (Lipinski definition) is 0. The van der Waals surface area contributed by atoms with Gasteiger partial charge in [-0.3, -0.25) is 0 Å². The molecular formula is C9H15ClO4S. The Bertz CT molecular complexity index is 321. The normalized spacial score (nSPS) is 30.9. The molecule has 15 heavy (non-hydrogen) atoms. The molecule has 0 aromatic carbocycles. The molecule has 2 saturated heterocycles. The molecule has 1 unspecified atom stereocenters. The zero-order chi connectivity index (χ0) is 10.9. The van der Waals surface area contributed by atoms with Crippen LogP contribution in [0.3, 0.4) is 0 Å². The van der Waals surface area contributed by atoms with E-state index < -0.39 is 9.05 Å². The van der Waals surface area contributed by atoms with Crippen molar-refractivity contribution in [1.29, 1.82) is 0 Å². The van der Waals surface area contributed by atoms with Crippen LogP contribution in [0.15, 0.2) is 0 Å². The van der Waals surface area contributed by atoms with Crippen LogP contribution in [0.1, 0.15) is 25.7 Å². The zero-order valence-corrected chi connectivity index (χ0v) is 10.0. The van der Waals surface area contributed by atoms with Crippen molar-refractivity contribution in [2.75, 3.05) is 19.0 Å². The maximum atomic E-state index is 10.9. The summed E-state index contributed by atoms with van der Waals surface area (Å²) in [6.45, 7) is 1.42. The standard InChI is InChI=1S/C9H15ClO4S/c10-15(11,12)7-8-1-2-9(14-8)3-5-13-6-4-9/h8H,1-7H2. The smallest absolute Gasteiger partial charge is 0.235 e. The molecule has 2 aliphatic rings. The van der Waals surface area contributed by atoms with Crippen LogP contribution in [-0.4, -0.2) is 39.1 Å². The maximum Gasteiger partial charge on any atom is 0.235 e. The summed E-state index contributed by atoms with van der Waals surface area (Å²) in [7, 11) is 1.76. The fourth-order valence-corrected chi connectivity index (χ4v) is 3.45. The quantitative estimate of drug-likeness (QED) is 0.697. The van der Waals surface area contributed by atoms with Crippen molar-refractivity contribution in [3.05, 3.63) is 0 Å². The van der Waals surface area contributed by atoms with Crippen LogP contribution in [0.5, 0.6) is 0 Å². The van der Waals surface area contributed by atoms with E-state index in [9.17, 15) is 8.42 Å². The largest absolute Gasteiger partial charge is 0.381 e. The molecule has 2 aliphatic heterocycles. The van der Waals surface area contributed by atoms with E-state index in [4.69, 9.17) is 20.2 Å². The summed E-state index contributed by atoms with van der Waals surface area (Å²) >= 11 is 0. The van der Waals surface area contributed by atoms with Gasteiger partial charge < -0.3 is 9.47 Å². The molecule has 2 fully saturated rings. The van der Waals surface area contributed by atoms with E-state index in [2.05, 4.69) is 0 Å². The van der Waals surface area contributed by atoms with Gasteiger partial charge in [0.05, 0.1) is 17.5 Å². The molecule has 0 aromatic heterocycles. The lowest BCUT2D eigenvalue weighted by Crippen LogP contribution is -2.37. The molecule has 0 aliphatic carbocycles. The van der Waals surface area contributed by atoms with Crippen molar-refractivity contribution in [3.8, 4) is 0 Å². The van der Waals surface area contributed by atoms with Crippen molar-refractivity contribution in [2.45, 2.75) is 37.4 Å². The predicted molar refractivity (Wildman–Crippen MR) is 56.5 cm³/mol. The highest BCUT2D eigenvalue weighted by Crippen LogP contribution is 2.38. The highest BCUT2D eigenvalue weighted by Gasteiger charge is 2.42. The second-order valence-electron chi connectivity index (χ2n) is 4.28. The average Bonchev–Trinajstić information content (AvgIpc) is 2.47. The summed E-state index contributed by atoms with van der Waals surface area (Å²) in [4.78, 5) is 0. The van der Waals surface area contributed by atoms with Gasteiger partial charge in [0.2, 0.25) is 9.05 Å². The lowest BCUT2D eigenvalue weighted by Gasteiger charge is -2.33. The van der Waals surface area contributed by atoms with E-state index >= 15 is 0 Å². The number of ether oxygens (including phenoxy) is 2. The molecule has 6 heteroatoms. The molecule has 1 spiro atoms. The second-order valence-corrected chi connectivity index (χ2v) is 7.10. The van der Waals surface area contributed by atoms with Crippen molar-refractivity contribution >= 4 is 19.7 Å². The SMILES string of the molecule is O=S(=O)(Cl)CC1CCC2(CCOCC2)O1. The Morgan fingerprint density at radius 3 is 2.53 bits per heavy atom. The van der Waals surface area contributed by atoms with Gasteiger partial charge in [0, 0.05) is 23.9 Å². The third-order valence-electron chi connectivity index (χ3n) is 3.13. The molecule has 4 nitrogen and oxygen atoms in total. The zero-order valence-electron chi connectivity index (χ0n) is 8.45. The van der Waals surface area contributed by atoms with E-state index in [0.29, 0.717) is 13.2 Å². The monoisotopic (exact) mass is 254 g/mol. The highest BCUT2D eigenvalue weighted by atomic mass is 35.7. The molecule has 2 heterocycles. The van der Waals surface area contributed by atoms with Gasteiger partial charge in [0.15, 0.2) is 0 Å².